The van der Waals surface area contributed by atoms with Gasteiger partial charge in [-0.25, -0.2) is 18.6 Å². The number of aromatic nitrogens is 2. The summed E-state index contributed by atoms with van der Waals surface area (Å²) in [6, 6.07) is 11.4. The molecule has 7 nitrogen and oxygen atoms in total. The average Bonchev–Trinajstić information content (AvgIpc) is 3.65. The van der Waals surface area contributed by atoms with Gasteiger partial charge in [0.25, 0.3) is 5.92 Å². The molecule has 11 heteroatoms. The molecule has 1 aliphatic heterocycles. The first-order valence-corrected chi connectivity index (χ1v) is 12.5. The number of benzene rings is 2. The molecule has 2 aromatic heterocycles. The van der Waals surface area contributed by atoms with E-state index >= 15 is 8.78 Å². The highest BCUT2D eigenvalue weighted by atomic mass is 35.5. The molecule has 0 spiro atoms. The van der Waals surface area contributed by atoms with Gasteiger partial charge in [-0.3, -0.25) is 0 Å². The number of pyridine rings is 1. The molecule has 0 bridgehead atoms. The number of carboxylic acids is 1. The summed E-state index contributed by atoms with van der Waals surface area (Å²) >= 11 is 12.8. The van der Waals surface area contributed by atoms with Gasteiger partial charge in [0.1, 0.15) is 29.6 Å². The predicted molar refractivity (Wildman–Crippen MR) is 134 cm³/mol. The minimum atomic E-state index is -3.34. The first-order chi connectivity index (χ1) is 18.2. The van der Waals surface area contributed by atoms with Gasteiger partial charge in [-0.2, -0.15) is 0 Å². The lowest BCUT2D eigenvalue weighted by atomic mass is 10.0. The molecule has 2 aliphatic rings. The second-order valence-corrected chi connectivity index (χ2v) is 9.94. The van der Waals surface area contributed by atoms with Gasteiger partial charge in [0.15, 0.2) is 0 Å². The van der Waals surface area contributed by atoms with E-state index in [4.69, 9.17) is 37.2 Å². The molecule has 1 fully saturated rings. The zero-order chi connectivity index (χ0) is 26.6. The smallest absolute Gasteiger partial charge is 0.335 e. The van der Waals surface area contributed by atoms with Gasteiger partial charge in [-0.05, 0) is 49.2 Å². The second kappa shape index (κ2) is 9.25. The molecule has 1 saturated carbocycles. The number of aromatic carboxylic acids is 1. The van der Waals surface area contributed by atoms with Crippen molar-refractivity contribution in [1.29, 1.82) is 0 Å². The van der Waals surface area contributed by atoms with Crippen molar-refractivity contribution in [1.82, 2.24) is 10.1 Å². The van der Waals surface area contributed by atoms with Crippen LogP contribution in [0.3, 0.4) is 0 Å². The minimum absolute atomic E-state index is 0.00253. The molecule has 0 unspecified atom stereocenters. The van der Waals surface area contributed by atoms with Crippen LogP contribution in [0.1, 0.15) is 51.7 Å². The van der Waals surface area contributed by atoms with E-state index in [0.717, 1.165) is 31.0 Å². The fourth-order valence-electron chi connectivity index (χ4n) is 4.43. The van der Waals surface area contributed by atoms with Crippen LogP contribution in [0.15, 0.2) is 53.1 Å². The van der Waals surface area contributed by atoms with Crippen molar-refractivity contribution in [3.63, 3.8) is 0 Å². The molecule has 0 radical (unpaired) electrons. The molecule has 0 atom stereocenters. The summed E-state index contributed by atoms with van der Waals surface area (Å²) in [6.45, 7) is -0.00253. The summed E-state index contributed by atoms with van der Waals surface area (Å²) in [7, 11) is 0. The number of carbonyl (C=O) groups is 1. The zero-order valence-electron chi connectivity index (χ0n) is 19.5. The van der Waals surface area contributed by atoms with Crippen molar-refractivity contribution in [2.24, 2.45) is 0 Å². The van der Waals surface area contributed by atoms with E-state index in [1.165, 1.54) is 12.1 Å². The van der Waals surface area contributed by atoms with Crippen LogP contribution in [0.4, 0.5) is 8.78 Å². The van der Waals surface area contributed by atoms with E-state index < -0.39 is 23.9 Å². The van der Waals surface area contributed by atoms with Crippen molar-refractivity contribution in [3.05, 3.63) is 86.7 Å². The van der Waals surface area contributed by atoms with Crippen LogP contribution in [0.25, 0.3) is 11.3 Å². The third-order valence-corrected chi connectivity index (χ3v) is 7.10. The van der Waals surface area contributed by atoms with Crippen molar-refractivity contribution < 1.29 is 32.7 Å². The maximum atomic E-state index is 15.1. The van der Waals surface area contributed by atoms with Gasteiger partial charge in [-0.1, -0.05) is 34.4 Å². The van der Waals surface area contributed by atoms with Crippen molar-refractivity contribution >= 4 is 29.2 Å². The standard InChI is InChI=1S/C27H18Cl2F2N2O5/c28-17-2-1-3-18(29)23(17)24-15(25(38-33-24)13-4-5-13)12-36-22-9-8-20-19(32-22)11-27(30,31)16-7-6-14(26(34)35)10-21(16)37-20/h1-3,6-10,13H,4-5,11-12H2,(H,34,35). The molecule has 6 rings (SSSR count). The number of rotatable bonds is 6. The van der Waals surface area contributed by atoms with Crippen LogP contribution < -0.4 is 9.47 Å². The van der Waals surface area contributed by atoms with E-state index in [-0.39, 0.29) is 41.2 Å². The third kappa shape index (κ3) is 4.46. The lowest BCUT2D eigenvalue weighted by Gasteiger charge is -2.15. The number of alkyl halides is 2. The Balaban J connectivity index is 1.31. The van der Waals surface area contributed by atoms with E-state index in [1.807, 2.05) is 0 Å². The average molecular weight is 559 g/mol. The largest absolute Gasteiger partial charge is 0.478 e. The number of ether oxygens (including phenoxy) is 2. The zero-order valence-corrected chi connectivity index (χ0v) is 21.0. The summed E-state index contributed by atoms with van der Waals surface area (Å²) in [5, 5.41) is 14.3. The second-order valence-electron chi connectivity index (χ2n) is 9.13. The number of nitrogens with zero attached hydrogens (tertiary/aromatic N) is 2. The highest BCUT2D eigenvalue weighted by molar-refractivity contribution is 6.39. The molecule has 0 saturated heterocycles. The molecular formula is C27H18Cl2F2N2O5. The molecule has 1 aliphatic carbocycles. The van der Waals surface area contributed by atoms with E-state index in [9.17, 15) is 9.90 Å². The first kappa shape index (κ1) is 24.6. The summed E-state index contributed by atoms with van der Waals surface area (Å²) in [4.78, 5) is 15.6. The van der Waals surface area contributed by atoms with Crippen molar-refractivity contribution in [2.45, 2.75) is 37.7 Å². The Hall–Kier alpha value is -3.69. The van der Waals surface area contributed by atoms with E-state index in [0.29, 0.717) is 32.6 Å². The fourth-order valence-corrected chi connectivity index (χ4v) is 5.01. The van der Waals surface area contributed by atoms with Crippen LogP contribution >= 0.6 is 23.2 Å². The van der Waals surface area contributed by atoms with Gasteiger partial charge in [0.2, 0.25) is 5.88 Å². The quantitative estimate of drug-likeness (QED) is 0.260. The fraction of sp³-hybridized carbons (Fsp3) is 0.222. The van der Waals surface area contributed by atoms with Gasteiger partial charge in [-0.15, -0.1) is 0 Å². The van der Waals surface area contributed by atoms with Gasteiger partial charge in [0.05, 0.1) is 38.9 Å². The Kier molecular flexibility index (Phi) is 6.00. The Morgan fingerprint density at radius 3 is 2.58 bits per heavy atom. The summed E-state index contributed by atoms with van der Waals surface area (Å²) in [6.07, 6.45) is 1.15. The molecule has 38 heavy (non-hydrogen) atoms. The lowest BCUT2D eigenvalue weighted by Crippen LogP contribution is -2.17. The maximum Gasteiger partial charge on any atom is 0.335 e. The first-order valence-electron chi connectivity index (χ1n) is 11.7. The molecule has 3 heterocycles. The number of carboxylic acid groups (broad SMARTS) is 1. The van der Waals surface area contributed by atoms with E-state index in [1.54, 1.807) is 18.2 Å². The monoisotopic (exact) mass is 558 g/mol. The van der Waals surface area contributed by atoms with Gasteiger partial charge in [0, 0.05) is 17.5 Å². The molecule has 2 aromatic carbocycles. The van der Waals surface area contributed by atoms with Crippen molar-refractivity contribution in [3.8, 4) is 28.6 Å². The van der Waals surface area contributed by atoms with Crippen LogP contribution in [-0.4, -0.2) is 21.2 Å². The summed E-state index contributed by atoms with van der Waals surface area (Å²) in [5.41, 5.74) is 1.04. The van der Waals surface area contributed by atoms with E-state index in [2.05, 4.69) is 10.1 Å². The molecule has 0 amide bonds. The normalized spacial score (nSPS) is 15.7. The highest BCUT2D eigenvalue weighted by Gasteiger charge is 2.40. The third-order valence-electron chi connectivity index (χ3n) is 6.47. The van der Waals surface area contributed by atoms with Crippen LogP contribution in [0.2, 0.25) is 10.0 Å². The molecule has 4 aromatic rings. The van der Waals surface area contributed by atoms with Crippen LogP contribution in [0.5, 0.6) is 17.4 Å². The van der Waals surface area contributed by atoms with Gasteiger partial charge >= 0.3 is 5.97 Å². The summed E-state index contributed by atoms with van der Waals surface area (Å²) < 4.78 is 47.5. The Bertz CT molecular complexity index is 1570. The van der Waals surface area contributed by atoms with Crippen molar-refractivity contribution in [2.75, 3.05) is 0 Å². The number of halogens is 4. The number of hydrogen-bond donors (Lipinski definition) is 1. The number of fused-ring (bicyclic) bond motifs is 2. The lowest BCUT2D eigenvalue weighted by molar-refractivity contribution is -0.00439. The van der Waals surface area contributed by atoms with Gasteiger partial charge < -0.3 is 19.1 Å². The molecular weight excluding hydrogens is 541 g/mol. The Labute approximate surface area is 224 Å². The molecule has 1 N–H and O–H groups in total. The van der Waals surface area contributed by atoms with Crippen LogP contribution in [-0.2, 0) is 19.0 Å². The topological polar surface area (TPSA) is 94.7 Å². The van der Waals surface area contributed by atoms with Crippen LogP contribution in [0, 0.1) is 0 Å². The summed E-state index contributed by atoms with van der Waals surface area (Å²) in [5.74, 6) is -3.76. The number of hydrogen-bond acceptors (Lipinski definition) is 6. The SMILES string of the molecule is O=C(O)c1ccc2c(c1)Oc1ccc(OCc3c(-c4c(Cl)cccc4Cl)noc3C3CC3)nc1CC2(F)F. The predicted octanol–water partition coefficient (Wildman–Crippen LogP) is 7.64. The Morgan fingerprint density at radius 1 is 1.11 bits per heavy atom. The molecule has 194 valence electrons. The maximum absolute atomic E-state index is 15.1. The Morgan fingerprint density at radius 2 is 1.87 bits per heavy atom. The minimum Gasteiger partial charge on any atom is -0.478 e. The highest BCUT2D eigenvalue weighted by Crippen LogP contribution is 2.47.